The van der Waals surface area contributed by atoms with E-state index in [2.05, 4.69) is 13.2 Å². The molecule has 0 aliphatic rings. The van der Waals surface area contributed by atoms with Crippen LogP contribution in [0.5, 0.6) is 0 Å². The molecule has 0 unspecified atom stereocenters. The van der Waals surface area contributed by atoms with Gasteiger partial charge < -0.3 is 14.2 Å². The summed E-state index contributed by atoms with van der Waals surface area (Å²) in [6.45, 7) is 6.55. The van der Waals surface area contributed by atoms with E-state index in [1.165, 1.54) is 0 Å². The van der Waals surface area contributed by atoms with Gasteiger partial charge in [-0.25, -0.2) is 37.7 Å². The summed E-state index contributed by atoms with van der Waals surface area (Å²) in [5, 5.41) is 0. The fourth-order valence-electron chi connectivity index (χ4n) is 2.00. The molecule has 0 spiro atoms. The van der Waals surface area contributed by atoms with Gasteiger partial charge in [-0.3, -0.25) is 4.79 Å². The van der Waals surface area contributed by atoms with Crippen LogP contribution in [-0.4, -0.2) is 44.8 Å². The zero-order valence-electron chi connectivity index (χ0n) is 16.3. The third-order valence-electron chi connectivity index (χ3n) is 3.49. The second-order valence-electron chi connectivity index (χ2n) is 5.39. The van der Waals surface area contributed by atoms with E-state index in [9.17, 15) is 28.8 Å². The fourth-order valence-corrected chi connectivity index (χ4v) is 2.00. The van der Waals surface area contributed by atoms with Crippen molar-refractivity contribution in [1.82, 2.24) is 13.7 Å². The van der Waals surface area contributed by atoms with E-state index in [0.717, 1.165) is 24.6 Å². The number of nitrogens with zero attached hydrogens (tertiary/aromatic N) is 3. The number of hydrogen-bond donors (Lipinski definition) is 0. The Balaban J connectivity index is 3.33. The highest BCUT2D eigenvalue weighted by Crippen LogP contribution is 1.88. The number of carbonyl (C=O) groups is 3. The van der Waals surface area contributed by atoms with E-state index in [4.69, 9.17) is 14.2 Å². The predicted molar refractivity (Wildman–Crippen MR) is 103 cm³/mol. The van der Waals surface area contributed by atoms with Crippen LogP contribution < -0.4 is 17.1 Å². The summed E-state index contributed by atoms with van der Waals surface area (Å²) in [6, 6.07) is 0. The second kappa shape index (κ2) is 11.8. The average molecular weight is 423 g/mol. The lowest BCUT2D eigenvalue weighted by molar-refractivity contribution is -0.138. The van der Waals surface area contributed by atoms with Gasteiger partial charge in [-0.05, 0) is 0 Å². The molecule has 30 heavy (non-hydrogen) atoms. The Hall–Kier alpha value is -3.96. The molecule has 1 heterocycles. The van der Waals surface area contributed by atoms with Crippen molar-refractivity contribution in [2.24, 2.45) is 0 Å². The number of ether oxygens (including phenoxy) is 3. The van der Waals surface area contributed by atoms with Crippen LogP contribution in [0.25, 0.3) is 6.20 Å². The largest absolute Gasteiger partial charge is 0.461 e. The minimum absolute atomic E-state index is 0.0618. The van der Waals surface area contributed by atoms with Gasteiger partial charge >= 0.3 is 35.0 Å². The Bertz CT molecular complexity index is 963. The van der Waals surface area contributed by atoms with E-state index in [-0.39, 0.29) is 32.7 Å². The Morgan fingerprint density at radius 1 is 0.867 bits per heavy atom. The van der Waals surface area contributed by atoms with E-state index in [0.29, 0.717) is 13.7 Å². The lowest BCUT2D eigenvalue weighted by Gasteiger charge is -2.12. The number of hydrogen-bond acceptors (Lipinski definition) is 9. The van der Waals surface area contributed by atoms with Crippen LogP contribution in [0, 0.1) is 0 Å². The first kappa shape index (κ1) is 24.1. The van der Waals surface area contributed by atoms with Crippen LogP contribution in [0.4, 0.5) is 0 Å². The topological polar surface area (TPSA) is 145 Å². The normalized spacial score (nSPS) is 10.4. The zero-order chi connectivity index (χ0) is 22.7. The molecule has 12 nitrogen and oxygen atoms in total. The van der Waals surface area contributed by atoms with Gasteiger partial charge in [0.15, 0.2) is 0 Å². The minimum atomic E-state index is -1.05. The Labute approximate surface area is 169 Å². The van der Waals surface area contributed by atoms with Crippen LogP contribution in [-0.2, 0) is 41.7 Å². The van der Waals surface area contributed by atoms with Crippen LogP contribution in [0.2, 0.25) is 0 Å². The predicted octanol–water partition coefficient (Wildman–Crippen LogP) is -0.988. The molecule has 0 saturated carbocycles. The molecule has 1 rings (SSSR count). The van der Waals surface area contributed by atoms with Gasteiger partial charge in [0, 0.05) is 18.6 Å². The van der Waals surface area contributed by atoms with Crippen LogP contribution in [0.15, 0.2) is 46.0 Å². The van der Waals surface area contributed by atoms with Crippen molar-refractivity contribution in [2.45, 2.75) is 26.4 Å². The Morgan fingerprint density at radius 3 is 1.73 bits per heavy atom. The maximum absolute atomic E-state index is 12.6. The lowest BCUT2D eigenvalue weighted by Crippen LogP contribution is -2.54. The summed E-state index contributed by atoms with van der Waals surface area (Å²) >= 11 is 0. The molecule has 12 heteroatoms. The van der Waals surface area contributed by atoms with Crippen molar-refractivity contribution in [3.8, 4) is 0 Å². The molecule has 0 aliphatic carbocycles. The van der Waals surface area contributed by atoms with E-state index >= 15 is 0 Å². The quantitative estimate of drug-likeness (QED) is 0.190. The number of carbonyl (C=O) groups excluding carboxylic acids is 3. The molecule has 1 aromatic heterocycles. The van der Waals surface area contributed by atoms with Crippen molar-refractivity contribution in [2.75, 3.05) is 13.2 Å². The van der Waals surface area contributed by atoms with E-state index in [1.807, 2.05) is 0 Å². The molecule has 0 atom stereocenters. The lowest BCUT2D eigenvalue weighted by atomic mass is 10.5. The van der Waals surface area contributed by atoms with Crippen molar-refractivity contribution in [3.05, 3.63) is 63.0 Å². The van der Waals surface area contributed by atoms with Gasteiger partial charge in [-0.1, -0.05) is 20.1 Å². The number of rotatable bonds is 11. The third kappa shape index (κ3) is 6.58. The maximum Gasteiger partial charge on any atom is 0.340 e. The monoisotopic (exact) mass is 423 g/mol. The summed E-state index contributed by atoms with van der Waals surface area (Å²) in [4.78, 5) is 71.2. The summed E-state index contributed by atoms with van der Waals surface area (Å²) in [5.41, 5.74) is -3.12. The Morgan fingerprint density at radius 2 is 1.33 bits per heavy atom. The summed E-state index contributed by atoms with van der Waals surface area (Å²) < 4.78 is 16.0. The minimum Gasteiger partial charge on any atom is -0.461 e. The highest BCUT2D eigenvalue weighted by molar-refractivity contribution is 5.81. The van der Waals surface area contributed by atoms with Crippen LogP contribution >= 0.6 is 0 Å². The molecule has 162 valence electrons. The first-order chi connectivity index (χ1) is 14.3. The van der Waals surface area contributed by atoms with Gasteiger partial charge in [-0.2, -0.15) is 0 Å². The van der Waals surface area contributed by atoms with Gasteiger partial charge in [0.25, 0.3) is 0 Å². The first-order valence-corrected chi connectivity index (χ1v) is 8.67. The number of aromatic nitrogens is 3. The Kier molecular flexibility index (Phi) is 9.46. The van der Waals surface area contributed by atoms with Gasteiger partial charge in [-0.15, -0.1) is 0 Å². The molecule has 0 aromatic carbocycles. The summed E-state index contributed by atoms with van der Waals surface area (Å²) in [7, 11) is 0. The van der Waals surface area contributed by atoms with E-state index < -0.39 is 35.0 Å². The maximum atomic E-state index is 12.6. The molecule has 0 saturated heterocycles. The molecular formula is C18H21N3O9. The van der Waals surface area contributed by atoms with Crippen LogP contribution in [0.3, 0.4) is 0 Å². The van der Waals surface area contributed by atoms with Crippen molar-refractivity contribution in [1.29, 1.82) is 0 Å². The molecule has 0 N–H and O–H groups in total. The zero-order valence-corrected chi connectivity index (χ0v) is 16.3. The smallest absolute Gasteiger partial charge is 0.340 e. The fraction of sp³-hybridized carbons (Fsp3) is 0.333. The highest BCUT2D eigenvalue weighted by Gasteiger charge is 2.15. The van der Waals surface area contributed by atoms with Gasteiger partial charge in [0.1, 0.15) is 19.5 Å². The highest BCUT2D eigenvalue weighted by atomic mass is 16.5. The standard InChI is InChI=1S/C18H21N3O9/c1-4-13(22)28-10-7-19-16(25)20(8-11-29-14(23)5-2)18(27)21(17(19)26)9-12-30-15(24)6-3/h4-5,9,12H,1-2,6-8,10-11H2,3H3/b12-9-. The first-order valence-electron chi connectivity index (χ1n) is 8.67. The van der Waals surface area contributed by atoms with Crippen molar-refractivity contribution >= 4 is 24.1 Å². The number of esters is 3. The molecule has 0 fully saturated rings. The molecular weight excluding hydrogens is 402 g/mol. The van der Waals surface area contributed by atoms with Gasteiger partial charge in [0.2, 0.25) is 0 Å². The van der Waals surface area contributed by atoms with Gasteiger partial charge in [0.05, 0.1) is 19.3 Å². The van der Waals surface area contributed by atoms with Crippen LogP contribution in [0.1, 0.15) is 13.3 Å². The average Bonchev–Trinajstić information content (AvgIpc) is 2.74. The summed E-state index contributed by atoms with van der Waals surface area (Å²) in [5.74, 6) is -2.14. The third-order valence-corrected chi connectivity index (χ3v) is 3.49. The second-order valence-corrected chi connectivity index (χ2v) is 5.39. The molecule has 0 bridgehead atoms. The molecule has 0 amide bonds. The SMILES string of the molecule is C=CC(=O)OCCn1c(=O)n(/C=C\OC(=O)CC)c(=O)n(CCOC(=O)C=C)c1=O. The summed E-state index contributed by atoms with van der Waals surface area (Å²) in [6.07, 6.45) is 3.56. The molecule has 1 aromatic rings. The molecule has 0 aliphatic heterocycles. The van der Waals surface area contributed by atoms with Crippen molar-refractivity contribution in [3.63, 3.8) is 0 Å². The van der Waals surface area contributed by atoms with Crippen molar-refractivity contribution < 1.29 is 28.6 Å². The van der Waals surface area contributed by atoms with E-state index in [1.54, 1.807) is 6.92 Å². The molecule has 0 radical (unpaired) electrons.